The Morgan fingerprint density at radius 2 is 1.70 bits per heavy atom. The lowest BCUT2D eigenvalue weighted by molar-refractivity contribution is -0.146. The zero-order chi connectivity index (χ0) is 20.7. The van der Waals surface area contributed by atoms with Crippen molar-refractivity contribution in [2.75, 3.05) is 26.4 Å². The van der Waals surface area contributed by atoms with Crippen molar-refractivity contribution in [2.24, 2.45) is 0 Å². The number of amides is 1. The van der Waals surface area contributed by atoms with Gasteiger partial charge in [-0.3, -0.25) is 9.69 Å². The molecular weight excluding hydrogens is 386 g/mol. The van der Waals surface area contributed by atoms with Gasteiger partial charge in [0.25, 0.3) is 0 Å². The lowest BCUT2D eigenvalue weighted by atomic mass is 9.98. The molecule has 2 aromatic carbocycles. The first-order chi connectivity index (χ1) is 14.6. The molecule has 5 rings (SSSR count). The molecule has 1 N–H and O–H groups in total. The molecule has 1 amide bonds. The zero-order valence-corrected chi connectivity index (χ0v) is 16.4. The molecule has 2 aromatic rings. The summed E-state index contributed by atoms with van der Waals surface area (Å²) in [6, 6.07) is 16.1. The number of benzene rings is 2. The van der Waals surface area contributed by atoms with Crippen LogP contribution in [0.25, 0.3) is 11.1 Å². The lowest BCUT2D eigenvalue weighted by Gasteiger charge is -2.39. The average molecular weight is 409 g/mol. The van der Waals surface area contributed by atoms with E-state index in [4.69, 9.17) is 19.3 Å². The van der Waals surface area contributed by atoms with Gasteiger partial charge >= 0.3 is 12.1 Å². The average Bonchev–Trinajstić information content (AvgIpc) is 3.33. The second-order valence-electron chi connectivity index (χ2n) is 7.96. The van der Waals surface area contributed by atoms with E-state index in [1.807, 2.05) is 24.3 Å². The van der Waals surface area contributed by atoms with Crippen molar-refractivity contribution in [3.63, 3.8) is 0 Å². The van der Waals surface area contributed by atoms with E-state index in [1.165, 1.54) is 11.1 Å². The minimum Gasteiger partial charge on any atom is -0.481 e. The van der Waals surface area contributed by atoms with Crippen LogP contribution in [-0.4, -0.2) is 66.7 Å². The fourth-order valence-corrected chi connectivity index (χ4v) is 4.78. The summed E-state index contributed by atoms with van der Waals surface area (Å²) in [7, 11) is 0. The van der Waals surface area contributed by atoms with Gasteiger partial charge in [0, 0.05) is 5.92 Å². The summed E-state index contributed by atoms with van der Waals surface area (Å²) in [4.78, 5) is 25.7. The molecule has 2 fully saturated rings. The van der Waals surface area contributed by atoms with E-state index in [-0.39, 0.29) is 37.6 Å². The largest absolute Gasteiger partial charge is 0.481 e. The number of carbonyl (C=O) groups is 2. The van der Waals surface area contributed by atoms with Gasteiger partial charge in [0.2, 0.25) is 0 Å². The monoisotopic (exact) mass is 409 g/mol. The standard InChI is InChI=1S/C23H23NO6/c25-22(26)9-14-10-24(20-12-28-13-21(20)30-14)23(27)29-11-19-17-7-3-1-5-15(17)16-6-2-4-8-18(16)19/h1-8,14,19-21H,9-13H2,(H,25,26)/t14-,20+,21-/m1/s1. The highest BCUT2D eigenvalue weighted by molar-refractivity contribution is 5.79. The number of hydrogen-bond donors (Lipinski definition) is 1. The van der Waals surface area contributed by atoms with Gasteiger partial charge in [-0.05, 0) is 22.3 Å². The third-order valence-corrected chi connectivity index (χ3v) is 6.14. The predicted octanol–water partition coefficient (Wildman–Crippen LogP) is 2.88. The highest BCUT2D eigenvalue weighted by atomic mass is 16.6. The molecule has 0 radical (unpaired) electrons. The van der Waals surface area contributed by atoms with Crippen LogP contribution in [0.4, 0.5) is 4.79 Å². The van der Waals surface area contributed by atoms with Gasteiger partial charge in [-0.25, -0.2) is 4.79 Å². The summed E-state index contributed by atoms with van der Waals surface area (Å²) in [6.07, 6.45) is -1.48. The van der Waals surface area contributed by atoms with Gasteiger partial charge in [0.05, 0.1) is 38.3 Å². The minimum absolute atomic E-state index is 0.0205. The Morgan fingerprint density at radius 1 is 1.03 bits per heavy atom. The minimum atomic E-state index is -0.954. The Hall–Kier alpha value is -2.90. The molecule has 2 aliphatic heterocycles. The van der Waals surface area contributed by atoms with Crippen LogP contribution in [0.3, 0.4) is 0 Å². The van der Waals surface area contributed by atoms with Gasteiger partial charge in [-0.1, -0.05) is 48.5 Å². The highest BCUT2D eigenvalue weighted by Crippen LogP contribution is 2.44. The normalized spacial score (nSPS) is 24.8. The quantitative estimate of drug-likeness (QED) is 0.836. The van der Waals surface area contributed by atoms with Crippen LogP contribution in [0.5, 0.6) is 0 Å². The van der Waals surface area contributed by atoms with E-state index in [0.717, 1.165) is 11.1 Å². The van der Waals surface area contributed by atoms with Gasteiger partial charge in [0.15, 0.2) is 0 Å². The molecule has 0 bridgehead atoms. The van der Waals surface area contributed by atoms with E-state index in [1.54, 1.807) is 4.90 Å². The number of fused-ring (bicyclic) bond motifs is 4. The highest BCUT2D eigenvalue weighted by Gasteiger charge is 2.44. The molecule has 30 heavy (non-hydrogen) atoms. The van der Waals surface area contributed by atoms with Crippen LogP contribution in [0.1, 0.15) is 23.5 Å². The molecule has 0 spiro atoms. The van der Waals surface area contributed by atoms with Crippen molar-refractivity contribution < 1.29 is 28.9 Å². The predicted molar refractivity (Wildman–Crippen MR) is 107 cm³/mol. The van der Waals surface area contributed by atoms with Crippen LogP contribution in [0.2, 0.25) is 0 Å². The molecule has 7 heteroatoms. The number of carboxylic acids is 1. The third kappa shape index (κ3) is 3.34. The maximum absolute atomic E-state index is 13.0. The zero-order valence-electron chi connectivity index (χ0n) is 16.4. The molecule has 2 saturated heterocycles. The Bertz CT molecular complexity index is 930. The Labute approximate surface area is 174 Å². The van der Waals surface area contributed by atoms with Crippen molar-refractivity contribution in [1.29, 1.82) is 0 Å². The van der Waals surface area contributed by atoms with Crippen molar-refractivity contribution in [1.82, 2.24) is 4.90 Å². The number of rotatable bonds is 4. The maximum Gasteiger partial charge on any atom is 0.410 e. The second kappa shape index (κ2) is 7.74. The van der Waals surface area contributed by atoms with Gasteiger partial charge in [0.1, 0.15) is 12.7 Å². The second-order valence-corrected chi connectivity index (χ2v) is 7.96. The van der Waals surface area contributed by atoms with Crippen molar-refractivity contribution in [3.05, 3.63) is 59.7 Å². The lowest BCUT2D eigenvalue weighted by Crippen LogP contribution is -2.57. The number of hydrogen-bond acceptors (Lipinski definition) is 5. The van der Waals surface area contributed by atoms with Crippen LogP contribution >= 0.6 is 0 Å². The molecule has 1 aliphatic carbocycles. The summed E-state index contributed by atoms with van der Waals surface area (Å²) < 4.78 is 17.1. The molecule has 0 saturated carbocycles. The van der Waals surface area contributed by atoms with E-state index in [9.17, 15) is 9.59 Å². The van der Waals surface area contributed by atoms with Crippen LogP contribution in [0, 0.1) is 0 Å². The SMILES string of the molecule is O=C(O)C[C@@H]1CN(C(=O)OCC2c3ccccc3-c3ccccc32)[C@H]2COC[C@H]2O1. The van der Waals surface area contributed by atoms with Crippen LogP contribution < -0.4 is 0 Å². The number of nitrogens with zero attached hydrogens (tertiary/aromatic N) is 1. The summed E-state index contributed by atoms with van der Waals surface area (Å²) in [5.74, 6) is -0.974. The van der Waals surface area contributed by atoms with Crippen molar-refractivity contribution >= 4 is 12.1 Å². The van der Waals surface area contributed by atoms with Crippen LogP contribution in [0.15, 0.2) is 48.5 Å². The van der Waals surface area contributed by atoms with Gasteiger partial charge in [-0.15, -0.1) is 0 Å². The first-order valence-electron chi connectivity index (χ1n) is 10.2. The maximum atomic E-state index is 13.0. The molecule has 2 heterocycles. The Balaban J connectivity index is 1.33. The fraction of sp³-hybridized carbons (Fsp3) is 0.391. The van der Waals surface area contributed by atoms with E-state index >= 15 is 0 Å². The summed E-state index contributed by atoms with van der Waals surface area (Å²) in [6.45, 7) is 1.14. The molecule has 3 aliphatic rings. The molecule has 0 unspecified atom stereocenters. The summed E-state index contributed by atoms with van der Waals surface area (Å²) in [5, 5.41) is 9.12. The molecule has 156 valence electrons. The number of carbonyl (C=O) groups excluding carboxylic acids is 1. The smallest absolute Gasteiger partial charge is 0.410 e. The molecule has 0 aromatic heterocycles. The van der Waals surface area contributed by atoms with E-state index in [2.05, 4.69) is 24.3 Å². The number of carboxylic acid groups (broad SMARTS) is 1. The van der Waals surface area contributed by atoms with E-state index < -0.39 is 18.2 Å². The Kier molecular flexibility index (Phi) is 4.92. The first kappa shape index (κ1) is 19.1. The molecule has 3 atom stereocenters. The number of ether oxygens (including phenoxy) is 3. The fourth-order valence-electron chi connectivity index (χ4n) is 4.78. The van der Waals surface area contributed by atoms with Crippen molar-refractivity contribution in [3.8, 4) is 11.1 Å². The van der Waals surface area contributed by atoms with Crippen molar-refractivity contribution in [2.45, 2.75) is 30.6 Å². The first-order valence-corrected chi connectivity index (χ1v) is 10.2. The summed E-state index contributed by atoms with van der Waals surface area (Å²) in [5.41, 5.74) is 4.65. The Morgan fingerprint density at radius 3 is 2.37 bits per heavy atom. The van der Waals surface area contributed by atoms with E-state index in [0.29, 0.717) is 13.2 Å². The topological polar surface area (TPSA) is 85.3 Å². The number of morpholine rings is 1. The van der Waals surface area contributed by atoms with Gasteiger partial charge < -0.3 is 19.3 Å². The molecule has 7 nitrogen and oxygen atoms in total. The van der Waals surface area contributed by atoms with Gasteiger partial charge in [-0.2, -0.15) is 0 Å². The van der Waals surface area contributed by atoms with Crippen LogP contribution in [-0.2, 0) is 19.0 Å². The third-order valence-electron chi connectivity index (χ3n) is 6.14. The summed E-state index contributed by atoms with van der Waals surface area (Å²) >= 11 is 0. The number of aliphatic carboxylic acids is 1. The molecular formula is C23H23NO6.